The Morgan fingerprint density at radius 1 is 1.14 bits per heavy atom. The number of hydrogen-bond donors (Lipinski definition) is 0. The first-order valence-corrected chi connectivity index (χ1v) is 10.6. The highest BCUT2D eigenvalue weighted by Gasteiger charge is 2.17. The molecule has 0 radical (unpaired) electrons. The van der Waals surface area contributed by atoms with Crippen LogP contribution in [-0.4, -0.2) is 57.1 Å². The fourth-order valence-corrected chi connectivity index (χ4v) is 3.92. The van der Waals surface area contributed by atoms with E-state index in [1.54, 1.807) is 4.68 Å². The molecule has 0 saturated heterocycles. The lowest BCUT2D eigenvalue weighted by Crippen LogP contribution is -2.28. The lowest BCUT2D eigenvalue weighted by molar-refractivity contribution is -0.144. The van der Waals surface area contributed by atoms with Gasteiger partial charge in [0.1, 0.15) is 18.2 Å². The van der Waals surface area contributed by atoms with Crippen molar-refractivity contribution in [1.82, 2.24) is 24.9 Å². The molecule has 7 nitrogen and oxygen atoms in total. The Bertz CT molecular complexity index is 962. The second kappa shape index (κ2) is 9.76. The molecule has 29 heavy (non-hydrogen) atoms. The Hall–Kier alpha value is -2.58. The number of aromatic nitrogens is 4. The van der Waals surface area contributed by atoms with Gasteiger partial charge in [0.25, 0.3) is 0 Å². The van der Waals surface area contributed by atoms with E-state index in [0.717, 1.165) is 46.6 Å². The van der Waals surface area contributed by atoms with E-state index in [9.17, 15) is 4.79 Å². The second-order valence-corrected chi connectivity index (χ2v) is 7.84. The van der Waals surface area contributed by atoms with Gasteiger partial charge in [0.15, 0.2) is 5.01 Å². The Morgan fingerprint density at radius 3 is 2.62 bits per heavy atom. The van der Waals surface area contributed by atoms with Crippen molar-refractivity contribution >= 4 is 17.3 Å². The summed E-state index contributed by atoms with van der Waals surface area (Å²) in [6, 6.07) is 10.1. The summed E-state index contributed by atoms with van der Waals surface area (Å²) in [6.07, 6.45) is 0. The Labute approximate surface area is 175 Å². The summed E-state index contributed by atoms with van der Waals surface area (Å²) in [4.78, 5) is 14.5. The van der Waals surface area contributed by atoms with Gasteiger partial charge in [-0.3, -0.25) is 9.48 Å². The number of likely N-dealkylation sites (N-methyl/N-ethyl adjacent to an activating group) is 1. The molecule has 0 bridgehead atoms. The third-order valence-electron chi connectivity index (χ3n) is 4.66. The molecule has 0 aliphatic rings. The van der Waals surface area contributed by atoms with Gasteiger partial charge in [0, 0.05) is 12.1 Å². The molecule has 0 aliphatic heterocycles. The number of carbonyl (C=O) groups is 1. The summed E-state index contributed by atoms with van der Waals surface area (Å²) in [5, 5.41) is 14.7. The Morgan fingerprint density at radius 2 is 1.90 bits per heavy atom. The van der Waals surface area contributed by atoms with Gasteiger partial charge in [0.05, 0.1) is 11.4 Å². The van der Waals surface area contributed by atoms with Gasteiger partial charge in [0.2, 0.25) is 0 Å². The minimum Gasteiger partial charge on any atom is -0.463 e. The minimum absolute atomic E-state index is 0.0563. The number of rotatable bonds is 9. The second-order valence-electron chi connectivity index (χ2n) is 6.86. The molecule has 2 aromatic heterocycles. The zero-order valence-corrected chi connectivity index (χ0v) is 18.2. The maximum Gasteiger partial charge on any atom is 0.327 e. The van der Waals surface area contributed by atoms with Crippen LogP contribution in [0, 0.1) is 13.8 Å². The van der Waals surface area contributed by atoms with Crippen LogP contribution in [0.5, 0.6) is 0 Å². The molecule has 0 spiro atoms. The molecular weight excluding hydrogens is 386 g/mol. The molecule has 0 fully saturated rings. The third-order valence-corrected chi connectivity index (χ3v) is 5.65. The maximum atomic E-state index is 12.3. The summed E-state index contributed by atoms with van der Waals surface area (Å²) < 4.78 is 7.04. The average molecular weight is 414 g/mol. The minimum atomic E-state index is -0.301. The molecule has 0 N–H and O–H groups in total. The molecule has 1 aromatic carbocycles. The third kappa shape index (κ3) is 5.48. The number of esters is 1. The lowest BCUT2D eigenvalue weighted by Gasteiger charge is -2.17. The normalized spacial score (nSPS) is 11.2. The van der Waals surface area contributed by atoms with E-state index >= 15 is 0 Å². The molecule has 0 aliphatic carbocycles. The number of ether oxygens (including phenoxy) is 1. The van der Waals surface area contributed by atoms with E-state index in [2.05, 4.69) is 53.1 Å². The average Bonchev–Trinajstić information content (AvgIpc) is 3.32. The Kier molecular flexibility index (Phi) is 7.11. The fraction of sp³-hybridized carbons (Fsp3) is 0.429. The molecule has 0 atom stereocenters. The maximum absolute atomic E-state index is 12.3. The first kappa shape index (κ1) is 21.1. The van der Waals surface area contributed by atoms with Crippen LogP contribution in [0.2, 0.25) is 0 Å². The first-order chi connectivity index (χ1) is 14.0. The standard InChI is InChI=1S/C21H27N5O2S/c1-5-25(6-2)10-11-28-19(27)14-26-18(13-16(4)24-26)21-23-22-20(29-21)17-9-7-8-15(3)12-17/h7-9,12-13H,5-6,10-11,14H2,1-4H3. The van der Waals surface area contributed by atoms with Crippen molar-refractivity contribution in [2.24, 2.45) is 0 Å². The van der Waals surface area contributed by atoms with E-state index in [0.29, 0.717) is 6.61 Å². The zero-order chi connectivity index (χ0) is 20.8. The Balaban J connectivity index is 1.70. The predicted octanol–water partition coefficient (Wildman–Crippen LogP) is 3.57. The molecular formula is C21H27N5O2S. The van der Waals surface area contributed by atoms with Gasteiger partial charge in [-0.1, -0.05) is 48.9 Å². The van der Waals surface area contributed by atoms with Crippen LogP contribution in [0.4, 0.5) is 0 Å². The number of carbonyl (C=O) groups excluding carboxylic acids is 1. The summed E-state index contributed by atoms with van der Waals surface area (Å²) in [6.45, 7) is 11.2. The topological polar surface area (TPSA) is 73.1 Å². The van der Waals surface area contributed by atoms with Gasteiger partial charge in [-0.25, -0.2) is 0 Å². The summed E-state index contributed by atoms with van der Waals surface area (Å²) >= 11 is 1.49. The predicted molar refractivity (Wildman–Crippen MR) is 115 cm³/mol. The summed E-state index contributed by atoms with van der Waals surface area (Å²) in [7, 11) is 0. The van der Waals surface area contributed by atoms with E-state index in [1.807, 2.05) is 25.1 Å². The monoisotopic (exact) mass is 413 g/mol. The number of aryl methyl sites for hydroxylation is 2. The molecule has 0 unspecified atom stereocenters. The van der Waals surface area contributed by atoms with Crippen molar-refractivity contribution < 1.29 is 9.53 Å². The molecule has 3 rings (SSSR count). The zero-order valence-electron chi connectivity index (χ0n) is 17.4. The highest BCUT2D eigenvalue weighted by atomic mass is 32.1. The van der Waals surface area contributed by atoms with Gasteiger partial charge in [-0.15, -0.1) is 10.2 Å². The van der Waals surface area contributed by atoms with Crippen molar-refractivity contribution in [1.29, 1.82) is 0 Å². The number of hydrogen-bond acceptors (Lipinski definition) is 7. The summed E-state index contributed by atoms with van der Waals surface area (Å²) in [5.41, 5.74) is 3.81. The van der Waals surface area contributed by atoms with Crippen molar-refractivity contribution in [2.45, 2.75) is 34.2 Å². The summed E-state index contributed by atoms with van der Waals surface area (Å²) in [5.74, 6) is -0.301. The van der Waals surface area contributed by atoms with Crippen LogP contribution in [0.25, 0.3) is 21.3 Å². The van der Waals surface area contributed by atoms with Crippen LogP contribution in [0.15, 0.2) is 30.3 Å². The van der Waals surface area contributed by atoms with Gasteiger partial charge in [-0.2, -0.15) is 5.10 Å². The van der Waals surface area contributed by atoms with Gasteiger partial charge >= 0.3 is 5.97 Å². The number of benzene rings is 1. The molecule has 0 amide bonds. The van der Waals surface area contributed by atoms with Gasteiger partial charge < -0.3 is 9.64 Å². The largest absolute Gasteiger partial charge is 0.463 e. The van der Waals surface area contributed by atoms with Crippen molar-refractivity contribution in [3.05, 3.63) is 41.6 Å². The van der Waals surface area contributed by atoms with Crippen molar-refractivity contribution in [3.63, 3.8) is 0 Å². The van der Waals surface area contributed by atoms with E-state index in [1.165, 1.54) is 16.9 Å². The van der Waals surface area contributed by atoms with Crippen LogP contribution in [-0.2, 0) is 16.1 Å². The SMILES string of the molecule is CCN(CC)CCOC(=O)Cn1nc(C)cc1-c1nnc(-c2cccc(C)c2)s1. The molecule has 0 saturated carbocycles. The van der Waals surface area contributed by atoms with Gasteiger partial charge in [-0.05, 0) is 39.1 Å². The lowest BCUT2D eigenvalue weighted by atomic mass is 10.1. The molecule has 2 heterocycles. The number of nitrogens with zero attached hydrogens (tertiary/aromatic N) is 5. The van der Waals surface area contributed by atoms with E-state index in [4.69, 9.17) is 4.74 Å². The van der Waals surface area contributed by atoms with Crippen LogP contribution < -0.4 is 0 Å². The van der Waals surface area contributed by atoms with Crippen LogP contribution in [0.3, 0.4) is 0 Å². The molecule has 8 heteroatoms. The fourth-order valence-electron chi connectivity index (χ4n) is 3.06. The van der Waals surface area contributed by atoms with Crippen LogP contribution >= 0.6 is 11.3 Å². The highest BCUT2D eigenvalue weighted by Crippen LogP contribution is 2.30. The van der Waals surface area contributed by atoms with Crippen molar-refractivity contribution in [3.8, 4) is 21.3 Å². The molecule has 154 valence electrons. The highest BCUT2D eigenvalue weighted by molar-refractivity contribution is 7.17. The van der Waals surface area contributed by atoms with E-state index < -0.39 is 0 Å². The molecule has 3 aromatic rings. The smallest absolute Gasteiger partial charge is 0.327 e. The van der Waals surface area contributed by atoms with Crippen molar-refractivity contribution in [2.75, 3.05) is 26.2 Å². The van der Waals surface area contributed by atoms with E-state index in [-0.39, 0.29) is 12.5 Å². The first-order valence-electron chi connectivity index (χ1n) is 9.83. The quantitative estimate of drug-likeness (QED) is 0.499. The van der Waals surface area contributed by atoms with Crippen LogP contribution in [0.1, 0.15) is 25.1 Å².